The number of hydrogen-bond acceptors (Lipinski definition) is 4. The molecular formula is C20H26F4N2O4. The lowest BCUT2D eigenvalue weighted by Crippen LogP contribution is -2.38. The Morgan fingerprint density at radius 3 is 2.37 bits per heavy atom. The fraction of sp³-hybridized carbons (Fsp3) is 0.600. The van der Waals surface area contributed by atoms with Crippen molar-refractivity contribution in [1.82, 2.24) is 9.80 Å². The number of nitrogens with zero attached hydrogens (tertiary/aromatic N) is 2. The molecule has 3 rings (SSSR count). The van der Waals surface area contributed by atoms with Gasteiger partial charge in [0, 0.05) is 44.6 Å². The molecule has 2 saturated heterocycles. The van der Waals surface area contributed by atoms with Gasteiger partial charge in [0.25, 0.3) is 0 Å². The molecule has 30 heavy (non-hydrogen) atoms. The largest absolute Gasteiger partial charge is 0.490 e. The molecule has 168 valence electrons. The van der Waals surface area contributed by atoms with Crippen LogP contribution >= 0.6 is 0 Å². The highest BCUT2D eigenvalue weighted by Gasteiger charge is 2.50. The van der Waals surface area contributed by atoms with Gasteiger partial charge in [-0.25, -0.2) is 9.18 Å². The molecule has 2 aliphatic rings. The molecule has 0 aromatic heterocycles. The van der Waals surface area contributed by atoms with Crippen LogP contribution in [0.25, 0.3) is 0 Å². The minimum absolute atomic E-state index is 0.138. The monoisotopic (exact) mass is 434 g/mol. The van der Waals surface area contributed by atoms with Crippen molar-refractivity contribution in [3.05, 3.63) is 35.6 Å². The zero-order valence-corrected chi connectivity index (χ0v) is 16.9. The van der Waals surface area contributed by atoms with Gasteiger partial charge in [0.2, 0.25) is 5.91 Å². The lowest BCUT2D eigenvalue weighted by Gasteiger charge is -2.30. The van der Waals surface area contributed by atoms with Crippen LogP contribution in [0.1, 0.15) is 12.0 Å². The van der Waals surface area contributed by atoms with Crippen LogP contribution in [-0.4, -0.2) is 79.9 Å². The molecule has 2 fully saturated rings. The SMILES string of the molecule is COC[C@H]1CN(C)C[C@@]12CCN(C(=O)Cc1ccc(F)cc1)C2.O=C(O)C(F)(F)F. The molecule has 6 nitrogen and oxygen atoms in total. The fourth-order valence-corrected chi connectivity index (χ4v) is 4.19. The number of carboxylic acids is 1. The highest BCUT2D eigenvalue weighted by atomic mass is 19.4. The molecule has 1 N–H and O–H groups in total. The Morgan fingerprint density at radius 2 is 1.83 bits per heavy atom. The maximum atomic E-state index is 13.0. The summed E-state index contributed by atoms with van der Waals surface area (Å²) in [5.74, 6) is -2.40. The van der Waals surface area contributed by atoms with Crippen LogP contribution in [0.3, 0.4) is 0 Å². The maximum Gasteiger partial charge on any atom is 0.490 e. The Hall–Kier alpha value is -2.20. The average Bonchev–Trinajstić information content (AvgIpc) is 3.21. The molecule has 1 amide bonds. The summed E-state index contributed by atoms with van der Waals surface area (Å²) in [6, 6.07) is 6.20. The number of aliphatic carboxylic acids is 1. The predicted molar refractivity (Wildman–Crippen MR) is 100 cm³/mol. The molecule has 1 aromatic carbocycles. The minimum Gasteiger partial charge on any atom is -0.475 e. The number of amides is 1. The molecule has 1 spiro atoms. The summed E-state index contributed by atoms with van der Waals surface area (Å²) in [7, 11) is 3.89. The average molecular weight is 434 g/mol. The van der Waals surface area contributed by atoms with Crippen molar-refractivity contribution in [2.45, 2.75) is 19.0 Å². The molecule has 0 radical (unpaired) electrons. The van der Waals surface area contributed by atoms with Crippen molar-refractivity contribution in [1.29, 1.82) is 0 Å². The third-order valence-electron chi connectivity index (χ3n) is 5.60. The van der Waals surface area contributed by atoms with E-state index in [4.69, 9.17) is 14.6 Å². The summed E-state index contributed by atoms with van der Waals surface area (Å²) in [5.41, 5.74) is 1.04. The Morgan fingerprint density at radius 1 is 1.23 bits per heavy atom. The van der Waals surface area contributed by atoms with Crippen molar-refractivity contribution in [2.24, 2.45) is 11.3 Å². The third-order valence-corrected chi connectivity index (χ3v) is 5.60. The van der Waals surface area contributed by atoms with Gasteiger partial charge in [0.05, 0.1) is 13.0 Å². The Bertz CT molecular complexity index is 741. The van der Waals surface area contributed by atoms with Gasteiger partial charge in [-0.1, -0.05) is 12.1 Å². The Kier molecular flexibility index (Phi) is 7.81. The zero-order valence-electron chi connectivity index (χ0n) is 16.9. The number of halogens is 4. The number of carbonyl (C=O) groups excluding carboxylic acids is 1. The van der Waals surface area contributed by atoms with Gasteiger partial charge in [0.15, 0.2) is 0 Å². The van der Waals surface area contributed by atoms with Gasteiger partial charge in [-0.3, -0.25) is 4.79 Å². The second kappa shape index (κ2) is 9.74. The maximum absolute atomic E-state index is 13.0. The molecule has 2 aliphatic heterocycles. The van der Waals surface area contributed by atoms with Crippen molar-refractivity contribution < 1.29 is 37.0 Å². The quantitative estimate of drug-likeness (QED) is 0.738. The normalized spacial score (nSPS) is 24.1. The second-order valence-electron chi connectivity index (χ2n) is 7.88. The van der Waals surface area contributed by atoms with Gasteiger partial charge in [0.1, 0.15) is 5.82 Å². The van der Waals surface area contributed by atoms with Crippen LogP contribution in [0.4, 0.5) is 17.6 Å². The summed E-state index contributed by atoms with van der Waals surface area (Å²) in [5, 5.41) is 7.12. The third kappa shape index (κ3) is 6.15. The first kappa shape index (κ1) is 24.1. The van der Waals surface area contributed by atoms with Crippen molar-refractivity contribution in [3.63, 3.8) is 0 Å². The number of hydrogen-bond donors (Lipinski definition) is 1. The van der Waals surface area contributed by atoms with Crippen molar-refractivity contribution in [2.75, 3.05) is 46.9 Å². The molecule has 1 aromatic rings. The summed E-state index contributed by atoms with van der Waals surface area (Å²) >= 11 is 0. The first-order valence-electron chi connectivity index (χ1n) is 9.46. The molecule has 2 heterocycles. The number of carbonyl (C=O) groups is 2. The van der Waals surface area contributed by atoms with E-state index in [1.165, 1.54) is 12.1 Å². The van der Waals surface area contributed by atoms with E-state index in [9.17, 15) is 22.4 Å². The summed E-state index contributed by atoms with van der Waals surface area (Å²) in [6.07, 6.45) is -3.69. The molecule has 0 bridgehead atoms. The van der Waals surface area contributed by atoms with E-state index in [1.807, 2.05) is 4.90 Å². The molecule has 0 saturated carbocycles. The van der Waals surface area contributed by atoms with E-state index in [1.54, 1.807) is 19.2 Å². The number of methoxy groups -OCH3 is 1. The second-order valence-corrected chi connectivity index (χ2v) is 7.88. The smallest absolute Gasteiger partial charge is 0.475 e. The molecule has 10 heteroatoms. The van der Waals surface area contributed by atoms with Crippen LogP contribution in [0.2, 0.25) is 0 Å². The topological polar surface area (TPSA) is 70.1 Å². The number of benzene rings is 1. The number of likely N-dealkylation sites (tertiary alicyclic amines) is 2. The zero-order chi connectivity index (χ0) is 22.5. The number of alkyl halides is 3. The van der Waals surface area contributed by atoms with Crippen LogP contribution in [-0.2, 0) is 20.7 Å². The van der Waals surface area contributed by atoms with E-state index >= 15 is 0 Å². The minimum atomic E-state index is -5.08. The van der Waals surface area contributed by atoms with Gasteiger partial charge >= 0.3 is 12.1 Å². The van der Waals surface area contributed by atoms with E-state index < -0.39 is 12.1 Å². The summed E-state index contributed by atoms with van der Waals surface area (Å²) < 4.78 is 50.1. The molecule has 0 unspecified atom stereocenters. The number of rotatable bonds is 4. The van der Waals surface area contributed by atoms with E-state index in [2.05, 4.69) is 11.9 Å². The molecule has 2 atom stereocenters. The van der Waals surface area contributed by atoms with Crippen molar-refractivity contribution >= 4 is 11.9 Å². The van der Waals surface area contributed by atoms with Crippen LogP contribution in [0.15, 0.2) is 24.3 Å². The first-order valence-corrected chi connectivity index (χ1v) is 9.46. The van der Waals surface area contributed by atoms with Crippen molar-refractivity contribution in [3.8, 4) is 0 Å². The van der Waals surface area contributed by atoms with Gasteiger partial charge in [-0.05, 0) is 31.2 Å². The van der Waals surface area contributed by atoms with Crippen LogP contribution < -0.4 is 0 Å². The summed E-state index contributed by atoms with van der Waals surface area (Å²) in [4.78, 5) is 25.8. The highest BCUT2D eigenvalue weighted by Crippen LogP contribution is 2.43. The highest BCUT2D eigenvalue weighted by molar-refractivity contribution is 5.79. The number of carboxylic acid groups (broad SMARTS) is 1. The lowest BCUT2D eigenvalue weighted by atomic mass is 9.77. The van der Waals surface area contributed by atoms with Gasteiger partial charge in [-0.15, -0.1) is 0 Å². The van der Waals surface area contributed by atoms with Crippen LogP contribution in [0, 0.1) is 17.2 Å². The number of ether oxygens (including phenoxy) is 1. The molecular weight excluding hydrogens is 408 g/mol. The predicted octanol–water partition coefficient (Wildman–Crippen LogP) is 2.43. The fourth-order valence-electron chi connectivity index (χ4n) is 4.19. The molecule has 0 aliphatic carbocycles. The van der Waals surface area contributed by atoms with Crippen LogP contribution in [0.5, 0.6) is 0 Å². The van der Waals surface area contributed by atoms with Gasteiger partial charge in [-0.2, -0.15) is 13.2 Å². The summed E-state index contributed by atoms with van der Waals surface area (Å²) in [6.45, 7) is 4.44. The Balaban J connectivity index is 0.000000396. The van der Waals surface area contributed by atoms with E-state index in [0.29, 0.717) is 12.3 Å². The lowest BCUT2D eigenvalue weighted by molar-refractivity contribution is -0.192. The van der Waals surface area contributed by atoms with E-state index in [0.717, 1.165) is 44.8 Å². The first-order chi connectivity index (χ1) is 14.0. The standard InChI is InChI=1S/C18H25FN2O2.C2HF3O2/c1-20-10-15(11-23-2)18(12-20)7-8-21(13-18)17(22)9-14-3-5-16(19)6-4-14;3-2(4,5)1(6)7/h3-6,15H,7-13H2,1-2H3;(H,6,7)/t15-,18-;/m1./s1. The van der Waals surface area contributed by atoms with Gasteiger partial charge < -0.3 is 19.6 Å². The Labute approximate surface area is 172 Å². The van der Waals surface area contributed by atoms with E-state index in [-0.39, 0.29) is 17.1 Å².